The van der Waals surface area contributed by atoms with Gasteiger partial charge in [0.25, 0.3) is 0 Å². The van der Waals surface area contributed by atoms with Crippen LogP contribution in [0.15, 0.2) is 29.4 Å². The molecule has 0 saturated heterocycles. The van der Waals surface area contributed by atoms with Gasteiger partial charge in [0, 0.05) is 0 Å². The first-order valence-corrected chi connectivity index (χ1v) is 4.36. The molecule has 0 fully saturated rings. The minimum Gasteiger partial charge on any atom is -0.408 e. The Bertz CT molecular complexity index is 430. The maximum Gasteiger partial charge on any atom is 0.244 e. The Morgan fingerprint density at radius 1 is 1.53 bits per heavy atom. The highest BCUT2D eigenvalue weighted by molar-refractivity contribution is 6.10. The van der Waals surface area contributed by atoms with Crippen LogP contribution in [0.5, 0.6) is 0 Å². The van der Waals surface area contributed by atoms with Gasteiger partial charge in [-0.1, -0.05) is 17.3 Å². The summed E-state index contributed by atoms with van der Waals surface area (Å²) >= 11 is 0. The number of oxime groups is 1. The largest absolute Gasteiger partial charge is 0.408 e. The average Bonchev–Trinajstić information content (AvgIpc) is 2.26. The fourth-order valence-electron chi connectivity index (χ4n) is 1.49. The molecule has 0 saturated carbocycles. The van der Waals surface area contributed by atoms with Crippen LogP contribution in [0.3, 0.4) is 0 Å². The van der Waals surface area contributed by atoms with E-state index >= 15 is 0 Å². The van der Waals surface area contributed by atoms with Gasteiger partial charge in [-0.15, -0.1) is 0 Å². The van der Waals surface area contributed by atoms with E-state index in [2.05, 4.69) is 10.5 Å². The van der Waals surface area contributed by atoms with Crippen LogP contribution in [0.4, 0.5) is 11.4 Å². The summed E-state index contributed by atoms with van der Waals surface area (Å²) in [4.78, 5) is 12.8. The van der Waals surface area contributed by atoms with Crippen LogP contribution in [0.2, 0.25) is 0 Å². The molecule has 78 valence electrons. The lowest BCUT2D eigenvalue weighted by Crippen LogP contribution is -2.45. The molecule has 2 rings (SSSR count). The standard InChI is InChI=1S/C9H10N4O2/c10-9(12-15)13-5-8(14)11-6-3-1-2-4-7(6)13/h1-4,15H,5H2,(H2,10,12)(H,11,14). The summed E-state index contributed by atoms with van der Waals surface area (Å²) < 4.78 is 0. The number of para-hydroxylation sites is 2. The number of carbonyl (C=O) groups excluding carboxylic acids is 1. The van der Waals surface area contributed by atoms with Gasteiger partial charge in [0.05, 0.1) is 11.4 Å². The Morgan fingerprint density at radius 2 is 2.27 bits per heavy atom. The van der Waals surface area contributed by atoms with E-state index in [1.807, 2.05) is 6.07 Å². The van der Waals surface area contributed by atoms with Gasteiger partial charge in [-0.2, -0.15) is 0 Å². The summed E-state index contributed by atoms with van der Waals surface area (Å²) in [6, 6.07) is 7.15. The highest BCUT2D eigenvalue weighted by Gasteiger charge is 2.23. The number of nitrogens with zero attached hydrogens (tertiary/aromatic N) is 2. The van der Waals surface area contributed by atoms with E-state index in [-0.39, 0.29) is 18.4 Å². The lowest BCUT2D eigenvalue weighted by Gasteiger charge is -2.28. The lowest BCUT2D eigenvalue weighted by atomic mass is 10.2. The summed E-state index contributed by atoms with van der Waals surface area (Å²) in [5, 5.41) is 14.2. The zero-order valence-electron chi connectivity index (χ0n) is 7.84. The number of rotatable bonds is 0. The van der Waals surface area contributed by atoms with E-state index in [0.29, 0.717) is 11.4 Å². The molecule has 6 nitrogen and oxygen atoms in total. The lowest BCUT2D eigenvalue weighted by molar-refractivity contribution is -0.115. The second-order valence-corrected chi connectivity index (χ2v) is 3.11. The van der Waals surface area contributed by atoms with Gasteiger partial charge in [-0.3, -0.25) is 9.69 Å². The first kappa shape index (κ1) is 9.32. The van der Waals surface area contributed by atoms with Gasteiger partial charge in [0.15, 0.2) is 0 Å². The molecule has 1 aliphatic heterocycles. The molecular formula is C9H10N4O2. The monoisotopic (exact) mass is 206 g/mol. The van der Waals surface area contributed by atoms with Crippen LogP contribution in [0.25, 0.3) is 0 Å². The number of benzene rings is 1. The van der Waals surface area contributed by atoms with Crippen molar-refractivity contribution in [3.8, 4) is 0 Å². The van der Waals surface area contributed by atoms with E-state index in [0.717, 1.165) is 0 Å². The summed E-state index contributed by atoms with van der Waals surface area (Å²) in [6.07, 6.45) is 0. The van der Waals surface area contributed by atoms with Crippen molar-refractivity contribution in [2.75, 3.05) is 16.8 Å². The molecule has 15 heavy (non-hydrogen) atoms. The molecule has 0 aromatic heterocycles. The van der Waals surface area contributed by atoms with Crippen LogP contribution < -0.4 is 16.0 Å². The van der Waals surface area contributed by atoms with Crippen molar-refractivity contribution >= 4 is 23.2 Å². The van der Waals surface area contributed by atoms with Gasteiger partial charge in [0.1, 0.15) is 6.54 Å². The van der Waals surface area contributed by atoms with E-state index in [1.54, 1.807) is 18.2 Å². The Balaban J connectivity index is 2.47. The fourth-order valence-corrected chi connectivity index (χ4v) is 1.49. The summed E-state index contributed by atoms with van der Waals surface area (Å²) in [6.45, 7) is 0.0485. The third-order valence-electron chi connectivity index (χ3n) is 2.15. The minimum atomic E-state index is -0.194. The van der Waals surface area contributed by atoms with Gasteiger partial charge in [0.2, 0.25) is 11.9 Å². The summed E-state index contributed by atoms with van der Waals surface area (Å²) in [5.74, 6) is -0.294. The molecule has 4 N–H and O–H groups in total. The van der Waals surface area contributed by atoms with Crippen LogP contribution >= 0.6 is 0 Å². The van der Waals surface area contributed by atoms with E-state index in [9.17, 15) is 4.79 Å². The summed E-state index contributed by atoms with van der Waals surface area (Å²) in [7, 11) is 0. The summed E-state index contributed by atoms with van der Waals surface area (Å²) in [5.41, 5.74) is 6.84. The van der Waals surface area contributed by atoms with Gasteiger partial charge >= 0.3 is 0 Å². The van der Waals surface area contributed by atoms with Gasteiger partial charge in [-0.05, 0) is 12.1 Å². The highest BCUT2D eigenvalue weighted by atomic mass is 16.4. The molecule has 1 heterocycles. The second-order valence-electron chi connectivity index (χ2n) is 3.11. The van der Waals surface area contributed by atoms with Crippen molar-refractivity contribution < 1.29 is 10.0 Å². The molecule has 1 amide bonds. The van der Waals surface area contributed by atoms with Gasteiger partial charge < -0.3 is 16.3 Å². The van der Waals surface area contributed by atoms with Crippen molar-refractivity contribution in [1.82, 2.24) is 0 Å². The Labute approximate surface area is 86.0 Å². The molecule has 1 aromatic rings. The molecule has 0 bridgehead atoms. The quantitative estimate of drug-likeness (QED) is 0.244. The van der Waals surface area contributed by atoms with Crippen molar-refractivity contribution in [3.05, 3.63) is 24.3 Å². The van der Waals surface area contributed by atoms with Gasteiger partial charge in [-0.25, -0.2) is 0 Å². The number of anilines is 2. The Morgan fingerprint density at radius 3 is 3.00 bits per heavy atom. The number of amides is 1. The Kier molecular flexibility index (Phi) is 2.17. The second kappa shape index (κ2) is 3.49. The number of nitrogens with two attached hydrogens (primary N) is 1. The minimum absolute atomic E-state index is 0.0485. The average molecular weight is 206 g/mol. The highest BCUT2D eigenvalue weighted by Crippen LogP contribution is 2.28. The maximum atomic E-state index is 11.3. The smallest absolute Gasteiger partial charge is 0.244 e. The SMILES string of the molecule is NC(=NO)N1CC(=O)Nc2ccccc21. The molecule has 0 spiro atoms. The third-order valence-corrected chi connectivity index (χ3v) is 2.15. The number of carbonyl (C=O) groups is 1. The fraction of sp³-hybridized carbons (Fsp3) is 0.111. The first-order valence-electron chi connectivity index (χ1n) is 4.36. The predicted molar refractivity (Wildman–Crippen MR) is 55.8 cm³/mol. The van der Waals surface area contributed by atoms with E-state index in [4.69, 9.17) is 10.9 Å². The molecular weight excluding hydrogens is 196 g/mol. The zero-order chi connectivity index (χ0) is 10.8. The normalized spacial score (nSPS) is 15.9. The topological polar surface area (TPSA) is 91.0 Å². The van der Waals surface area contributed by atoms with E-state index < -0.39 is 0 Å². The number of hydrogen-bond acceptors (Lipinski definition) is 3. The van der Waals surface area contributed by atoms with Crippen molar-refractivity contribution in [2.24, 2.45) is 10.9 Å². The zero-order valence-corrected chi connectivity index (χ0v) is 7.84. The van der Waals surface area contributed by atoms with E-state index in [1.165, 1.54) is 4.90 Å². The molecule has 0 aliphatic carbocycles. The van der Waals surface area contributed by atoms with Crippen LogP contribution in [-0.2, 0) is 4.79 Å². The molecule has 6 heteroatoms. The number of hydrogen-bond donors (Lipinski definition) is 3. The Hall–Kier alpha value is -2.24. The molecule has 1 aliphatic rings. The predicted octanol–water partition coefficient (Wildman–Crippen LogP) is 0.149. The maximum absolute atomic E-state index is 11.3. The molecule has 0 unspecified atom stereocenters. The molecule has 1 aromatic carbocycles. The number of fused-ring (bicyclic) bond motifs is 1. The first-order chi connectivity index (χ1) is 7.22. The van der Waals surface area contributed by atoms with Crippen LogP contribution in [0.1, 0.15) is 0 Å². The van der Waals surface area contributed by atoms with Crippen LogP contribution in [0, 0.1) is 0 Å². The van der Waals surface area contributed by atoms with Crippen molar-refractivity contribution in [2.45, 2.75) is 0 Å². The number of guanidine groups is 1. The van der Waals surface area contributed by atoms with Crippen LogP contribution in [-0.4, -0.2) is 23.6 Å². The van der Waals surface area contributed by atoms with Crippen molar-refractivity contribution in [3.63, 3.8) is 0 Å². The number of nitrogens with one attached hydrogen (secondary N) is 1. The van der Waals surface area contributed by atoms with Crippen molar-refractivity contribution in [1.29, 1.82) is 0 Å². The third kappa shape index (κ3) is 1.56. The molecule has 0 atom stereocenters. The molecule has 0 radical (unpaired) electrons.